The summed E-state index contributed by atoms with van der Waals surface area (Å²) >= 11 is 0. The van der Waals surface area contributed by atoms with Gasteiger partial charge in [-0.3, -0.25) is 0 Å². The van der Waals surface area contributed by atoms with Crippen molar-refractivity contribution in [3.8, 4) is 0 Å². The lowest BCUT2D eigenvalue weighted by Crippen LogP contribution is -2.11. The molecular weight excluding hydrogens is 184 g/mol. The fraction of sp³-hybridized carbons (Fsp3) is 0.929. The molecule has 1 atom stereocenters. The first-order valence-corrected chi connectivity index (χ1v) is 6.76. The van der Waals surface area contributed by atoms with Crippen molar-refractivity contribution in [3.05, 3.63) is 6.92 Å². The lowest BCUT2D eigenvalue weighted by atomic mass is 10.1. The van der Waals surface area contributed by atoms with Crippen molar-refractivity contribution >= 4 is 0 Å². The maximum absolute atomic E-state index is 5.53. The Bertz CT molecular complexity index is 112. The third-order valence-electron chi connectivity index (χ3n) is 2.94. The van der Waals surface area contributed by atoms with Crippen LogP contribution in [0.5, 0.6) is 0 Å². The topological polar surface area (TPSA) is 9.23 Å². The van der Waals surface area contributed by atoms with Gasteiger partial charge in [-0.2, -0.15) is 0 Å². The van der Waals surface area contributed by atoms with Crippen LogP contribution in [-0.2, 0) is 4.74 Å². The van der Waals surface area contributed by atoms with Crippen LogP contribution in [-0.4, -0.2) is 12.7 Å². The van der Waals surface area contributed by atoms with Gasteiger partial charge in [-0.25, -0.2) is 0 Å². The summed E-state index contributed by atoms with van der Waals surface area (Å²) in [7, 11) is 0. The number of rotatable bonds is 11. The summed E-state index contributed by atoms with van der Waals surface area (Å²) in [5.74, 6) is 0. The van der Waals surface area contributed by atoms with E-state index in [1.165, 1.54) is 51.4 Å². The molecule has 0 N–H and O–H groups in total. The molecule has 0 spiro atoms. The fourth-order valence-electron chi connectivity index (χ4n) is 1.90. The maximum atomic E-state index is 5.53. The highest BCUT2D eigenvalue weighted by Crippen LogP contribution is 2.12. The number of hydrogen-bond acceptors (Lipinski definition) is 1. The van der Waals surface area contributed by atoms with Crippen LogP contribution < -0.4 is 0 Å². The minimum atomic E-state index is 0.457. The smallest absolute Gasteiger partial charge is 0.0572 e. The Morgan fingerprint density at radius 3 is 2.07 bits per heavy atom. The first-order valence-electron chi connectivity index (χ1n) is 6.76. The highest BCUT2D eigenvalue weighted by atomic mass is 16.5. The van der Waals surface area contributed by atoms with E-state index in [-0.39, 0.29) is 0 Å². The van der Waals surface area contributed by atoms with Gasteiger partial charge in [-0.1, -0.05) is 58.8 Å². The van der Waals surface area contributed by atoms with E-state index in [0.29, 0.717) is 12.7 Å². The quantitative estimate of drug-likeness (QED) is 0.450. The third-order valence-corrected chi connectivity index (χ3v) is 2.94. The summed E-state index contributed by atoms with van der Waals surface area (Å²) in [6, 6.07) is 0. The van der Waals surface area contributed by atoms with E-state index < -0.39 is 0 Å². The van der Waals surface area contributed by atoms with Crippen molar-refractivity contribution in [2.24, 2.45) is 0 Å². The first kappa shape index (κ1) is 15.0. The zero-order valence-electron chi connectivity index (χ0n) is 10.8. The molecule has 0 amide bonds. The predicted molar refractivity (Wildman–Crippen MR) is 68.0 cm³/mol. The Morgan fingerprint density at radius 2 is 1.53 bits per heavy atom. The number of ether oxygens (including phenoxy) is 1. The van der Waals surface area contributed by atoms with Gasteiger partial charge in [0, 0.05) is 6.61 Å². The van der Waals surface area contributed by atoms with Gasteiger partial charge in [0.2, 0.25) is 0 Å². The minimum absolute atomic E-state index is 0.457. The van der Waals surface area contributed by atoms with E-state index >= 15 is 0 Å². The van der Waals surface area contributed by atoms with E-state index in [1.807, 2.05) is 0 Å². The maximum Gasteiger partial charge on any atom is 0.0572 e. The van der Waals surface area contributed by atoms with E-state index in [1.54, 1.807) is 0 Å². The molecule has 15 heavy (non-hydrogen) atoms. The van der Waals surface area contributed by atoms with Crippen molar-refractivity contribution in [2.45, 2.75) is 77.7 Å². The lowest BCUT2D eigenvalue weighted by Gasteiger charge is -2.14. The highest BCUT2D eigenvalue weighted by Gasteiger charge is 2.04. The Morgan fingerprint density at radius 1 is 0.933 bits per heavy atom. The van der Waals surface area contributed by atoms with Crippen LogP contribution in [0.4, 0.5) is 0 Å². The average Bonchev–Trinajstić information content (AvgIpc) is 2.26. The van der Waals surface area contributed by atoms with Gasteiger partial charge in [0.1, 0.15) is 0 Å². The SMILES string of the molecule is [CH2]COC(CC)CCCCCCCCC. The van der Waals surface area contributed by atoms with Crippen molar-refractivity contribution in [3.63, 3.8) is 0 Å². The molecule has 1 heteroatoms. The standard InChI is InChI=1S/C14H29O/c1-4-7-8-9-10-11-12-13-14(5-2)15-6-3/h14H,3-13H2,1-2H3. The molecule has 1 nitrogen and oxygen atoms in total. The largest absolute Gasteiger partial charge is 0.378 e. The molecule has 0 saturated carbocycles. The Labute approximate surface area is 96.6 Å². The van der Waals surface area contributed by atoms with Crippen molar-refractivity contribution in [1.29, 1.82) is 0 Å². The fourth-order valence-corrected chi connectivity index (χ4v) is 1.90. The Kier molecular flexibility index (Phi) is 12.0. The molecule has 1 unspecified atom stereocenters. The van der Waals surface area contributed by atoms with Crippen molar-refractivity contribution in [1.82, 2.24) is 0 Å². The summed E-state index contributed by atoms with van der Waals surface area (Å²) in [4.78, 5) is 0. The van der Waals surface area contributed by atoms with Crippen LogP contribution in [0.3, 0.4) is 0 Å². The molecule has 0 fully saturated rings. The van der Waals surface area contributed by atoms with Gasteiger partial charge in [-0.15, -0.1) is 0 Å². The first-order chi connectivity index (χ1) is 7.35. The van der Waals surface area contributed by atoms with Gasteiger partial charge >= 0.3 is 0 Å². The second-order valence-corrected chi connectivity index (χ2v) is 4.31. The number of unbranched alkanes of at least 4 members (excludes halogenated alkanes) is 6. The Hall–Kier alpha value is -0.0400. The normalized spacial score (nSPS) is 13.0. The molecule has 0 aromatic heterocycles. The van der Waals surface area contributed by atoms with E-state index in [4.69, 9.17) is 4.74 Å². The second-order valence-electron chi connectivity index (χ2n) is 4.31. The summed E-state index contributed by atoms with van der Waals surface area (Å²) in [6.07, 6.45) is 12.5. The summed E-state index contributed by atoms with van der Waals surface area (Å²) in [6.45, 7) is 8.81. The van der Waals surface area contributed by atoms with Crippen LogP contribution in [0.2, 0.25) is 0 Å². The van der Waals surface area contributed by atoms with Gasteiger partial charge in [0.25, 0.3) is 0 Å². The van der Waals surface area contributed by atoms with E-state index in [2.05, 4.69) is 20.8 Å². The molecule has 0 aromatic rings. The molecule has 0 aromatic carbocycles. The van der Waals surface area contributed by atoms with Crippen molar-refractivity contribution < 1.29 is 4.74 Å². The van der Waals surface area contributed by atoms with Crippen LogP contribution in [0.1, 0.15) is 71.6 Å². The summed E-state index contributed by atoms with van der Waals surface area (Å²) in [5.41, 5.74) is 0. The molecule has 1 radical (unpaired) electrons. The van der Waals surface area contributed by atoms with Gasteiger partial charge in [0.15, 0.2) is 0 Å². The number of hydrogen-bond donors (Lipinski definition) is 0. The summed E-state index contributed by atoms with van der Waals surface area (Å²) < 4.78 is 5.53. The molecule has 0 aliphatic rings. The monoisotopic (exact) mass is 213 g/mol. The molecule has 0 saturated heterocycles. The van der Waals surface area contributed by atoms with Crippen LogP contribution in [0.25, 0.3) is 0 Å². The Balaban J connectivity index is 3.14. The molecule has 0 aliphatic carbocycles. The second kappa shape index (κ2) is 12.0. The third kappa shape index (κ3) is 10.2. The van der Waals surface area contributed by atoms with Gasteiger partial charge in [-0.05, 0) is 19.8 Å². The lowest BCUT2D eigenvalue weighted by molar-refractivity contribution is 0.0619. The van der Waals surface area contributed by atoms with Crippen molar-refractivity contribution in [2.75, 3.05) is 6.61 Å². The molecule has 0 rings (SSSR count). The predicted octanol–water partition coefficient (Wildman–Crippen LogP) is 4.76. The highest BCUT2D eigenvalue weighted by molar-refractivity contribution is 4.56. The molecule has 0 bridgehead atoms. The zero-order chi connectivity index (χ0) is 11.4. The van der Waals surface area contributed by atoms with Crippen LogP contribution >= 0.6 is 0 Å². The van der Waals surface area contributed by atoms with Gasteiger partial charge in [0.05, 0.1) is 6.10 Å². The summed E-state index contributed by atoms with van der Waals surface area (Å²) in [5, 5.41) is 0. The minimum Gasteiger partial charge on any atom is -0.378 e. The average molecular weight is 213 g/mol. The molecule has 0 heterocycles. The van der Waals surface area contributed by atoms with Gasteiger partial charge < -0.3 is 4.74 Å². The van der Waals surface area contributed by atoms with Crippen LogP contribution in [0.15, 0.2) is 0 Å². The molecular formula is C14H29O. The van der Waals surface area contributed by atoms with E-state index in [9.17, 15) is 0 Å². The van der Waals surface area contributed by atoms with Crippen LogP contribution in [0, 0.1) is 6.92 Å². The van der Waals surface area contributed by atoms with E-state index in [0.717, 1.165) is 6.42 Å². The zero-order valence-corrected chi connectivity index (χ0v) is 10.8. The molecule has 91 valence electrons. The molecule has 0 aliphatic heterocycles.